The number of hydrogen-bond acceptors (Lipinski definition) is 0. The summed E-state index contributed by atoms with van der Waals surface area (Å²) < 4.78 is 2.41. The molecule has 0 atom stereocenters. The lowest BCUT2D eigenvalue weighted by Gasteiger charge is -2.09. The average Bonchev–Trinajstić information content (AvgIpc) is 3.09. The summed E-state index contributed by atoms with van der Waals surface area (Å²) in [7, 11) is 0. The van der Waals surface area contributed by atoms with Crippen LogP contribution in [0.4, 0.5) is 0 Å². The molecule has 1 aromatic heterocycles. The third kappa shape index (κ3) is 2.07. The number of fused-ring (bicyclic) bond motifs is 7. The zero-order chi connectivity index (χ0) is 18.7. The van der Waals surface area contributed by atoms with Crippen LogP contribution in [-0.4, -0.2) is 4.57 Å². The van der Waals surface area contributed by atoms with Gasteiger partial charge in [-0.2, -0.15) is 0 Å². The number of rotatable bonds is 1. The molecule has 0 amide bonds. The number of nitrogens with zero attached hydrogens (tertiary/aromatic N) is 1. The first-order valence-corrected chi connectivity index (χ1v) is 9.72. The van der Waals surface area contributed by atoms with E-state index in [0.717, 1.165) is 0 Å². The van der Waals surface area contributed by atoms with Crippen molar-refractivity contribution in [3.05, 3.63) is 103 Å². The molecule has 0 spiro atoms. The second-order valence-electron chi connectivity index (χ2n) is 7.54. The summed E-state index contributed by atoms with van der Waals surface area (Å²) in [5.41, 5.74) is 5.01. The highest BCUT2D eigenvalue weighted by atomic mass is 15.0. The van der Waals surface area contributed by atoms with Gasteiger partial charge in [0, 0.05) is 16.5 Å². The first-order valence-electron chi connectivity index (χ1n) is 9.72. The highest BCUT2D eigenvalue weighted by Gasteiger charge is 2.16. The SMILES string of the molecule is Cc1cccc(-n2c3ccc4ccccc4c3c3c4ccccc4ccc32)c1. The summed E-state index contributed by atoms with van der Waals surface area (Å²) in [6, 6.07) is 35.2. The van der Waals surface area contributed by atoms with Crippen molar-refractivity contribution < 1.29 is 0 Å². The predicted octanol–water partition coefficient (Wildman–Crippen LogP) is 7.40. The van der Waals surface area contributed by atoms with Gasteiger partial charge in [0.05, 0.1) is 11.0 Å². The Balaban J connectivity index is 1.94. The molecule has 132 valence electrons. The highest BCUT2D eigenvalue weighted by molar-refractivity contribution is 6.28. The second kappa shape index (κ2) is 5.71. The molecular formula is C27H19N. The molecule has 1 heteroatoms. The summed E-state index contributed by atoms with van der Waals surface area (Å²) in [6.45, 7) is 2.15. The fraction of sp³-hybridized carbons (Fsp3) is 0.0370. The molecule has 5 aromatic carbocycles. The molecule has 6 rings (SSSR count). The fourth-order valence-corrected chi connectivity index (χ4v) is 4.59. The predicted molar refractivity (Wildman–Crippen MR) is 121 cm³/mol. The topological polar surface area (TPSA) is 4.93 Å². The van der Waals surface area contributed by atoms with E-state index in [2.05, 4.69) is 109 Å². The monoisotopic (exact) mass is 357 g/mol. The van der Waals surface area contributed by atoms with E-state index < -0.39 is 0 Å². The van der Waals surface area contributed by atoms with Crippen LogP contribution >= 0.6 is 0 Å². The van der Waals surface area contributed by atoms with Crippen LogP contribution in [0.15, 0.2) is 97.1 Å². The first-order chi connectivity index (χ1) is 13.8. The van der Waals surface area contributed by atoms with Gasteiger partial charge in [0.1, 0.15) is 0 Å². The molecule has 0 saturated carbocycles. The van der Waals surface area contributed by atoms with Gasteiger partial charge < -0.3 is 4.57 Å². The van der Waals surface area contributed by atoms with E-state index >= 15 is 0 Å². The zero-order valence-corrected chi connectivity index (χ0v) is 15.7. The molecular weight excluding hydrogens is 338 g/mol. The van der Waals surface area contributed by atoms with Gasteiger partial charge >= 0.3 is 0 Å². The molecule has 0 N–H and O–H groups in total. The van der Waals surface area contributed by atoms with Crippen molar-refractivity contribution in [3.8, 4) is 5.69 Å². The second-order valence-corrected chi connectivity index (χ2v) is 7.54. The van der Waals surface area contributed by atoms with Crippen molar-refractivity contribution in [1.82, 2.24) is 4.57 Å². The van der Waals surface area contributed by atoms with Crippen LogP contribution in [0.1, 0.15) is 5.56 Å². The van der Waals surface area contributed by atoms with E-state index in [0.29, 0.717) is 0 Å². The molecule has 28 heavy (non-hydrogen) atoms. The van der Waals surface area contributed by atoms with Gasteiger partial charge in [-0.3, -0.25) is 0 Å². The highest BCUT2D eigenvalue weighted by Crippen LogP contribution is 2.40. The maximum Gasteiger partial charge on any atom is 0.0547 e. The van der Waals surface area contributed by atoms with E-state index in [-0.39, 0.29) is 0 Å². The third-order valence-electron chi connectivity index (χ3n) is 5.81. The van der Waals surface area contributed by atoms with Crippen molar-refractivity contribution in [2.24, 2.45) is 0 Å². The summed E-state index contributed by atoms with van der Waals surface area (Å²) in [5.74, 6) is 0. The van der Waals surface area contributed by atoms with Gasteiger partial charge in [0.25, 0.3) is 0 Å². The molecule has 0 aliphatic rings. The molecule has 0 radical (unpaired) electrons. The molecule has 1 nitrogen and oxygen atoms in total. The maximum absolute atomic E-state index is 2.41. The smallest absolute Gasteiger partial charge is 0.0547 e. The fourth-order valence-electron chi connectivity index (χ4n) is 4.59. The van der Waals surface area contributed by atoms with Gasteiger partial charge in [-0.25, -0.2) is 0 Å². The van der Waals surface area contributed by atoms with E-state index in [1.165, 1.54) is 54.6 Å². The first kappa shape index (κ1) is 15.5. The van der Waals surface area contributed by atoms with Gasteiger partial charge in [-0.15, -0.1) is 0 Å². The Bertz CT molecular complexity index is 1430. The number of aromatic nitrogens is 1. The van der Waals surface area contributed by atoms with Crippen molar-refractivity contribution in [1.29, 1.82) is 0 Å². The Morgan fingerprint density at radius 2 is 1.11 bits per heavy atom. The molecule has 1 heterocycles. The average molecular weight is 357 g/mol. The van der Waals surface area contributed by atoms with Crippen LogP contribution < -0.4 is 0 Å². The maximum atomic E-state index is 2.41. The molecule has 0 aliphatic carbocycles. The number of hydrogen-bond donors (Lipinski definition) is 0. The van der Waals surface area contributed by atoms with Gasteiger partial charge in [-0.05, 0) is 58.3 Å². The Labute approximate surface area is 163 Å². The summed E-state index contributed by atoms with van der Waals surface area (Å²) in [6.07, 6.45) is 0. The molecule has 0 bridgehead atoms. The van der Waals surface area contributed by atoms with Crippen LogP contribution in [0.25, 0.3) is 49.0 Å². The van der Waals surface area contributed by atoms with E-state index in [4.69, 9.17) is 0 Å². The van der Waals surface area contributed by atoms with Crippen molar-refractivity contribution in [2.45, 2.75) is 6.92 Å². The molecule has 6 aromatic rings. The largest absolute Gasteiger partial charge is 0.309 e. The number of aryl methyl sites for hydroxylation is 1. The summed E-state index contributed by atoms with van der Waals surface area (Å²) >= 11 is 0. The van der Waals surface area contributed by atoms with Crippen LogP contribution in [0, 0.1) is 6.92 Å². The lowest BCUT2D eigenvalue weighted by atomic mass is 10.00. The van der Waals surface area contributed by atoms with Crippen molar-refractivity contribution in [3.63, 3.8) is 0 Å². The zero-order valence-electron chi connectivity index (χ0n) is 15.7. The van der Waals surface area contributed by atoms with Crippen molar-refractivity contribution in [2.75, 3.05) is 0 Å². The minimum Gasteiger partial charge on any atom is -0.309 e. The van der Waals surface area contributed by atoms with Gasteiger partial charge in [-0.1, -0.05) is 72.8 Å². The minimum atomic E-state index is 1.21. The molecule has 0 fully saturated rings. The number of benzene rings is 5. The quantitative estimate of drug-likeness (QED) is 0.289. The lowest BCUT2D eigenvalue weighted by molar-refractivity contribution is 1.17. The van der Waals surface area contributed by atoms with E-state index in [9.17, 15) is 0 Å². The normalized spacial score (nSPS) is 11.8. The molecule has 0 saturated heterocycles. The molecule has 0 aliphatic heterocycles. The van der Waals surface area contributed by atoms with Crippen molar-refractivity contribution >= 4 is 43.4 Å². The van der Waals surface area contributed by atoms with Crippen LogP contribution in [-0.2, 0) is 0 Å². The Kier molecular flexibility index (Phi) is 3.15. The minimum absolute atomic E-state index is 1.21. The van der Waals surface area contributed by atoms with E-state index in [1.807, 2.05) is 0 Å². The van der Waals surface area contributed by atoms with Gasteiger partial charge in [0.15, 0.2) is 0 Å². The Hall–Kier alpha value is -3.58. The Morgan fingerprint density at radius 3 is 1.68 bits per heavy atom. The Morgan fingerprint density at radius 1 is 0.536 bits per heavy atom. The standard InChI is InChI=1S/C27H19N/c1-18-7-6-10-21(17-18)28-24-15-13-19-8-2-4-11-22(19)26(24)27-23-12-5-3-9-20(23)14-16-25(27)28/h2-17H,1H3. The lowest BCUT2D eigenvalue weighted by Crippen LogP contribution is -1.94. The van der Waals surface area contributed by atoms with E-state index in [1.54, 1.807) is 0 Å². The summed E-state index contributed by atoms with van der Waals surface area (Å²) in [4.78, 5) is 0. The summed E-state index contributed by atoms with van der Waals surface area (Å²) in [5, 5.41) is 7.87. The third-order valence-corrected chi connectivity index (χ3v) is 5.81. The van der Waals surface area contributed by atoms with Crippen LogP contribution in [0.2, 0.25) is 0 Å². The van der Waals surface area contributed by atoms with Gasteiger partial charge in [0.2, 0.25) is 0 Å². The van der Waals surface area contributed by atoms with Crippen LogP contribution in [0.3, 0.4) is 0 Å². The van der Waals surface area contributed by atoms with Crippen LogP contribution in [0.5, 0.6) is 0 Å². The molecule has 0 unspecified atom stereocenters.